The predicted molar refractivity (Wildman–Crippen MR) is 119 cm³/mol. The summed E-state index contributed by atoms with van der Waals surface area (Å²) in [6.07, 6.45) is 1.10. The summed E-state index contributed by atoms with van der Waals surface area (Å²) < 4.78 is 5.43. The summed E-state index contributed by atoms with van der Waals surface area (Å²) in [5.74, 6) is 0.332. The van der Waals surface area contributed by atoms with Gasteiger partial charge in [-0.25, -0.2) is 9.78 Å². The van der Waals surface area contributed by atoms with Crippen molar-refractivity contribution in [3.63, 3.8) is 0 Å². The van der Waals surface area contributed by atoms with Gasteiger partial charge in [0.25, 0.3) is 5.91 Å². The number of pyridine rings is 1. The summed E-state index contributed by atoms with van der Waals surface area (Å²) in [5.41, 5.74) is 2.38. The largest absolute Gasteiger partial charge is 0.508 e. The van der Waals surface area contributed by atoms with Gasteiger partial charge in [0.1, 0.15) is 5.75 Å². The van der Waals surface area contributed by atoms with Gasteiger partial charge in [0.2, 0.25) is 0 Å². The third-order valence-corrected chi connectivity index (χ3v) is 5.65. The van der Waals surface area contributed by atoms with Crippen LogP contribution in [0.5, 0.6) is 5.75 Å². The molecule has 2 heterocycles. The molecule has 0 radical (unpaired) electrons. The van der Waals surface area contributed by atoms with Crippen LogP contribution in [0.25, 0.3) is 22.2 Å². The van der Waals surface area contributed by atoms with E-state index in [1.165, 1.54) is 0 Å². The minimum absolute atomic E-state index is 0.157. The Morgan fingerprint density at radius 3 is 2.45 bits per heavy atom. The molecule has 2 atom stereocenters. The second-order valence-electron chi connectivity index (χ2n) is 8.44. The number of hydrogen-bond donors (Lipinski definition) is 1. The van der Waals surface area contributed by atoms with Crippen molar-refractivity contribution >= 4 is 22.8 Å². The SMILES string of the molecule is C[C@@H]1C[C@@H](C)CN(C(=O)COC(=O)c2cc(-c3ccc(O)cc3)nc3ccccc23)C1. The number of nitrogens with zero attached hydrogens (tertiary/aromatic N) is 2. The zero-order valence-corrected chi connectivity index (χ0v) is 17.7. The second kappa shape index (κ2) is 8.76. The number of carbonyl (C=O) groups is 2. The molecular weight excluding hydrogens is 392 g/mol. The molecule has 4 rings (SSSR count). The molecule has 0 bridgehead atoms. The molecular formula is C25H26N2O4. The average molecular weight is 418 g/mol. The highest BCUT2D eigenvalue weighted by Crippen LogP contribution is 2.27. The Labute approximate surface area is 181 Å². The maximum Gasteiger partial charge on any atom is 0.339 e. The van der Waals surface area contributed by atoms with Gasteiger partial charge in [0.05, 0.1) is 16.8 Å². The van der Waals surface area contributed by atoms with Crippen LogP contribution in [0, 0.1) is 11.8 Å². The molecule has 160 valence electrons. The van der Waals surface area contributed by atoms with E-state index in [0.29, 0.717) is 47.1 Å². The molecule has 1 aliphatic heterocycles. The van der Waals surface area contributed by atoms with E-state index in [-0.39, 0.29) is 18.3 Å². The lowest BCUT2D eigenvalue weighted by Gasteiger charge is -2.34. The first-order valence-electron chi connectivity index (χ1n) is 10.5. The number of likely N-dealkylation sites (tertiary alicyclic amines) is 1. The minimum atomic E-state index is -0.551. The first-order valence-corrected chi connectivity index (χ1v) is 10.5. The minimum Gasteiger partial charge on any atom is -0.508 e. The molecule has 0 saturated carbocycles. The number of phenolic OH excluding ortho intramolecular Hbond substituents is 1. The number of phenols is 1. The monoisotopic (exact) mass is 418 g/mol. The predicted octanol–water partition coefficient (Wildman–Crippen LogP) is 4.27. The maximum atomic E-state index is 13.0. The summed E-state index contributed by atoms with van der Waals surface area (Å²) in [5, 5.41) is 10.2. The standard InChI is InChI=1S/C25H26N2O4/c1-16-11-17(2)14-27(13-16)24(29)15-31-25(30)21-12-23(18-7-9-19(28)10-8-18)26-22-6-4-3-5-20(21)22/h3-10,12,16-17,28H,11,13-15H2,1-2H3/t16-,17-/m1/s1. The first kappa shape index (κ1) is 20.8. The summed E-state index contributed by atoms with van der Waals surface area (Å²) in [6.45, 7) is 5.39. The maximum absolute atomic E-state index is 13.0. The summed E-state index contributed by atoms with van der Waals surface area (Å²) in [6, 6.07) is 15.6. The molecule has 1 amide bonds. The molecule has 0 aliphatic carbocycles. The number of rotatable bonds is 4. The summed E-state index contributed by atoms with van der Waals surface area (Å²) in [7, 11) is 0. The topological polar surface area (TPSA) is 79.7 Å². The quantitative estimate of drug-likeness (QED) is 0.640. The van der Waals surface area contributed by atoms with E-state index in [4.69, 9.17) is 4.74 Å². The Hall–Kier alpha value is -3.41. The van der Waals surface area contributed by atoms with Gasteiger partial charge in [0.15, 0.2) is 6.61 Å². The molecule has 0 spiro atoms. The van der Waals surface area contributed by atoms with Crippen LogP contribution in [0.1, 0.15) is 30.6 Å². The number of fused-ring (bicyclic) bond motifs is 1. The number of esters is 1. The normalized spacial score (nSPS) is 18.7. The number of hydrogen-bond acceptors (Lipinski definition) is 5. The van der Waals surface area contributed by atoms with Gasteiger partial charge in [-0.1, -0.05) is 32.0 Å². The number of benzene rings is 2. The Morgan fingerprint density at radius 2 is 1.74 bits per heavy atom. The molecule has 6 heteroatoms. The second-order valence-corrected chi connectivity index (χ2v) is 8.44. The van der Waals surface area contributed by atoms with E-state index >= 15 is 0 Å². The Balaban J connectivity index is 1.57. The Kier molecular flexibility index (Phi) is 5.89. The van der Waals surface area contributed by atoms with Gasteiger partial charge >= 0.3 is 5.97 Å². The fraction of sp³-hybridized carbons (Fsp3) is 0.320. The zero-order valence-electron chi connectivity index (χ0n) is 17.7. The third-order valence-electron chi connectivity index (χ3n) is 5.65. The molecule has 6 nitrogen and oxygen atoms in total. The molecule has 3 aromatic rings. The van der Waals surface area contributed by atoms with Crippen LogP contribution in [0.15, 0.2) is 54.6 Å². The van der Waals surface area contributed by atoms with Crippen LogP contribution in [-0.4, -0.2) is 46.6 Å². The van der Waals surface area contributed by atoms with Gasteiger partial charge < -0.3 is 14.7 Å². The molecule has 1 saturated heterocycles. The van der Waals surface area contributed by atoms with Crippen LogP contribution in [0.2, 0.25) is 0 Å². The number of aromatic nitrogens is 1. The number of amides is 1. The third kappa shape index (κ3) is 4.68. The molecule has 1 N–H and O–H groups in total. The van der Waals surface area contributed by atoms with Crippen molar-refractivity contribution in [3.8, 4) is 17.0 Å². The zero-order chi connectivity index (χ0) is 22.0. The van der Waals surface area contributed by atoms with Crippen LogP contribution < -0.4 is 0 Å². The Bertz CT molecular complexity index is 1100. The number of aromatic hydroxyl groups is 1. The fourth-order valence-corrected chi connectivity index (χ4v) is 4.29. The van der Waals surface area contributed by atoms with Crippen LogP contribution in [-0.2, 0) is 9.53 Å². The van der Waals surface area contributed by atoms with E-state index in [9.17, 15) is 14.7 Å². The van der Waals surface area contributed by atoms with E-state index in [1.54, 1.807) is 35.2 Å². The molecule has 1 fully saturated rings. The van der Waals surface area contributed by atoms with Gasteiger partial charge in [-0.15, -0.1) is 0 Å². The molecule has 0 unspecified atom stereocenters. The average Bonchev–Trinajstić information content (AvgIpc) is 2.76. The van der Waals surface area contributed by atoms with E-state index in [1.807, 2.05) is 24.3 Å². The molecule has 31 heavy (non-hydrogen) atoms. The highest BCUT2D eigenvalue weighted by Gasteiger charge is 2.26. The van der Waals surface area contributed by atoms with Gasteiger partial charge in [-0.2, -0.15) is 0 Å². The smallest absolute Gasteiger partial charge is 0.339 e. The van der Waals surface area contributed by atoms with Crippen molar-refractivity contribution in [2.24, 2.45) is 11.8 Å². The molecule has 2 aromatic carbocycles. The lowest BCUT2D eigenvalue weighted by Crippen LogP contribution is -2.44. The lowest BCUT2D eigenvalue weighted by molar-refractivity contribution is -0.137. The highest BCUT2D eigenvalue weighted by atomic mass is 16.5. The van der Waals surface area contributed by atoms with Crippen LogP contribution >= 0.6 is 0 Å². The van der Waals surface area contributed by atoms with Crippen molar-refractivity contribution in [2.45, 2.75) is 20.3 Å². The number of ether oxygens (including phenoxy) is 1. The van der Waals surface area contributed by atoms with Crippen molar-refractivity contribution in [1.29, 1.82) is 0 Å². The highest BCUT2D eigenvalue weighted by molar-refractivity contribution is 6.05. The number of carbonyl (C=O) groups excluding carboxylic acids is 2. The van der Waals surface area contributed by atoms with E-state index in [0.717, 1.165) is 12.0 Å². The molecule has 1 aliphatic rings. The molecule has 1 aromatic heterocycles. The number of para-hydroxylation sites is 1. The van der Waals surface area contributed by atoms with Gasteiger partial charge in [0, 0.05) is 24.0 Å². The summed E-state index contributed by atoms with van der Waals surface area (Å²) >= 11 is 0. The van der Waals surface area contributed by atoms with E-state index in [2.05, 4.69) is 18.8 Å². The lowest BCUT2D eigenvalue weighted by atomic mass is 9.92. The van der Waals surface area contributed by atoms with Crippen molar-refractivity contribution in [3.05, 3.63) is 60.2 Å². The Morgan fingerprint density at radius 1 is 1.06 bits per heavy atom. The van der Waals surface area contributed by atoms with Gasteiger partial charge in [-0.3, -0.25) is 4.79 Å². The van der Waals surface area contributed by atoms with Crippen molar-refractivity contribution < 1.29 is 19.4 Å². The summed E-state index contributed by atoms with van der Waals surface area (Å²) in [4.78, 5) is 32.0. The van der Waals surface area contributed by atoms with E-state index < -0.39 is 5.97 Å². The van der Waals surface area contributed by atoms with Gasteiger partial charge in [-0.05, 0) is 54.7 Å². The van der Waals surface area contributed by atoms with Crippen molar-refractivity contribution in [2.75, 3.05) is 19.7 Å². The van der Waals surface area contributed by atoms with Crippen LogP contribution in [0.4, 0.5) is 0 Å². The number of piperidine rings is 1. The van der Waals surface area contributed by atoms with Crippen molar-refractivity contribution in [1.82, 2.24) is 9.88 Å². The fourth-order valence-electron chi connectivity index (χ4n) is 4.29. The van der Waals surface area contributed by atoms with Crippen LogP contribution in [0.3, 0.4) is 0 Å². The first-order chi connectivity index (χ1) is 14.9.